The summed E-state index contributed by atoms with van der Waals surface area (Å²) in [5.74, 6) is -1.43. The van der Waals surface area contributed by atoms with Crippen LogP contribution in [0.25, 0.3) is 0 Å². The number of ether oxygens (including phenoxy) is 2. The van der Waals surface area contributed by atoms with Crippen LogP contribution in [0.4, 0.5) is 13.2 Å². The van der Waals surface area contributed by atoms with Crippen molar-refractivity contribution in [1.29, 1.82) is 0 Å². The molecule has 1 aromatic rings. The normalized spacial score (nSPS) is 24.1. The Morgan fingerprint density at radius 2 is 1.58 bits per heavy atom. The molecular formula is C23H31F3N4O6. The fourth-order valence-electron chi connectivity index (χ4n) is 5.30. The maximum Gasteiger partial charge on any atom is 0.490 e. The number of piperidine rings is 1. The second kappa shape index (κ2) is 10.8. The lowest BCUT2D eigenvalue weighted by molar-refractivity contribution is -0.192. The number of nitrogens with zero attached hydrogens (tertiary/aromatic N) is 4. The fourth-order valence-corrected chi connectivity index (χ4v) is 5.30. The van der Waals surface area contributed by atoms with Crippen LogP contribution in [-0.2, 0) is 36.0 Å². The molecular weight excluding hydrogens is 485 g/mol. The summed E-state index contributed by atoms with van der Waals surface area (Å²) in [6.45, 7) is 4.83. The van der Waals surface area contributed by atoms with Gasteiger partial charge in [-0.1, -0.05) is 0 Å². The monoisotopic (exact) mass is 516 g/mol. The minimum absolute atomic E-state index is 0.0801. The van der Waals surface area contributed by atoms with E-state index < -0.39 is 23.9 Å². The van der Waals surface area contributed by atoms with Gasteiger partial charge in [0.2, 0.25) is 5.91 Å². The van der Waals surface area contributed by atoms with Gasteiger partial charge in [-0.15, -0.1) is 0 Å². The van der Waals surface area contributed by atoms with Gasteiger partial charge in [-0.25, -0.2) is 9.78 Å². The summed E-state index contributed by atoms with van der Waals surface area (Å²) in [5, 5.41) is 7.12. The van der Waals surface area contributed by atoms with Crippen LogP contribution in [0.3, 0.4) is 0 Å². The van der Waals surface area contributed by atoms with Gasteiger partial charge in [-0.2, -0.15) is 13.2 Å². The number of carbonyl (C=O) groups excluding carboxylic acids is 2. The molecule has 1 aromatic heterocycles. The lowest BCUT2D eigenvalue weighted by Gasteiger charge is -2.46. The van der Waals surface area contributed by atoms with Crippen LogP contribution in [-0.4, -0.2) is 93.9 Å². The summed E-state index contributed by atoms with van der Waals surface area (Å²) < 4.78 is 45.7. The first-order valence-corrected chi connectivity index (χ1v) is 12.3. The number of aromatic nitrogens is 2. The van der Waals surface area contributed by atoms with Gasteiger partial charge in [0, 0.05) is 70.5 Å². The number of carboxylic acids is 1. The maximum atomic E-state index is 13.0. The van der Waals surface area contributed by atoms with Crippen molar-refractivity contribution in [1.82, 2.24) is 19.4 Å². The molecule has 1 atom stereocenters. The van der Waals surface area contributed by atoms with E-state index in [0.29, 0.717) is 45.7 Å². The molecule has 4 aliphatic heterocycles. The molecule has 0 aromatic carbocycles. The summed E-state index contributed by atoms with van der Waals surface area (Å²) in [5.41, 5.74) is -0.575. The molecule has 2 amide bonds. The Morgan fingerprint density at radius 3 is 2.17 bits per heavy atom. The number of aliphatic carboxylic acids is 1. The molecule has 0 radical (unpaired) electrons. The predicted octanol–water partition coefficient (Wildman–Crippen LogP) is 1.78. The molecule has 13 heteroatoms. The Labute approximate surface area is 206 Å². The smallest absolute Gasteiger partial charge is 0.475 e. The van der Waals surface area contributed by atoms with E-state index in [1.54, 1.807) is 6.20 Å². The third-order valence-corrected chi connectivity index (χ3v) is 7.24. The number of likely N-dealkylation sites (tertiary alicyclic amines) is 2. The Kier molecular flexibility index (Phi) is 7.88. The van der Waals surface area contributed by atoms with Crippen LogP contribution >= 0.6 is 0 Å². The van der Waals surface area contributed by atoms with Crippen LogP contribution in [0.2, 0.25) is 0 Å². The molecule has 0 saturated carbocycles. The summed E-state index contributed by atoms with van der Waals surface area (Å²) in [7, 11) is 0. The second-order valence-electron chi connectivity index (χ2n) is 9.55. The van der Waals surface area contributed by atoms with Gasteiger partial charge < -0.3 is 28.9 Å². The SMILES string of the molecule is O=C(C1CCOCC1)N1CCC2(CC1)OC(C(=O)N1CCCC1)Cn1ccnc12.O=C(O)C(F)(F)F. The summed E-state index contributed by atoms with van der Waals surface area (Å²) in [6, 6.07) is 0. The van der Waals surface area contributed by atoms with E-state index in [1.807, 2.05) is 16.0 Å². The minimum atomic E-state index is -5.08. The van der Waals surface area contributed by atoms with Crippen LogP contribution in [0.1, 0.15) is 44.3 Å². The molecule has 5 rings (SSSR count). The molecule has 1 spiro atoms. The number of imidazole rings is 1. The van der Waals surface area contributed by atoms with E-state index >= 15 is 0 Å². The molecule has 10 nitrogen and oxygen atoms in total. The van der Waals surface area contributed by atoms with Crippen molar-refractivity contribution >= 4 is 17.8 Å². The first-order valence-electron chi connectivity index (χ1n) is 12.3. The van der Waals surface area contributed by atoms with Gasteiger partial charge in [-0.3, -0.25) is 9.59 Å². The van der Waals surface area contributed by atoms with E-state index in [4.69, 9.17) is 19.4 Å². The van der Waals surface area contributed by atoms with Gasteiger partial charge in [-0.05, 0) is 25.7 Å². The molecule has 3 saturated heterocycles. The van der Waals surface area contributed by atoms with E-state index in [2.05, 4.69) is 9.55 Å². The van der Waals surface area contributed by atoms with Gasteiger partial charge in [0.25, 0.3) is 5.91 Å². The van der Waals surface area contributed by atoms with Crippen LogP contribution < -0.4 is 0 Å². The Bertz CT molecular complexity index is 948. The zero-order valence-corrected chi connectivity index (χ0v) is 19.9. The number of halogens is 3. The number of amides is 2. The molecule has 0 aliphatic carbocycles. The van der Waals surface area contributed by atoms with Crippen molar-refractivity contribution < 1.29 is 42.1 Å². The molecule has 0 bridgehead atoms. The van der Waals surface area contributed by atoms with Crippen molar-refractivity contribution in [2.24, 2.45) is 5.92 Å². The highest BCUT2D eigenvalue weighted by Crippen LogP contribution is 2.41. The highest BCUT2D eigenvalue weighted by atomic mass is 19.4. The Balaban J connectivity index is 0.000000384. The molecule has 36 heavy (non-hydrogen) atoms. The standard InChI is InChI=1S/C21H30N4O4.C2HF3O2/c26-18(16-3-13-28-14-4-16)24-10-5-21(6-11-24)20-22-7-12-25(20)15-17(29-21)19(27)23-8-1-2-9-23;3-2(4,5)1(6)7/h7,12,16-17H,1-6,8-11,13-15H2;(H,6,7). The Hall–Kier alpha value is -2.67. The number of rotatable bonds is 2. The average molecular weight is 517 g/mol. The van der Waals surface area contributed by atoms with Gasteiger partial charge in [0.15, 0.2) is 6.10 Å². The van der Waals surface area contributed by atoms with E-state index in [-0.39, 0.29) is 17.7 Å². The third kappa shape index (κ3) is 5.66. The van der Waals surface area contributed by atoms with Crippen molar-refractivity contribution in [3.05, 3.63) is 18.2 Å². The minimum Gasteiger partial charge on any atom is -0.475 e. The van der Waals surface area contributed by atoms with Crippen LogP contribution in [0.5, 0.6) is 0 Å². The third-order valence-electron chi connectivity index (χ3n) is 7.24. The molecule has 5 heterocycles. The molecule has 3 fully saturated rings. The number of hydrogen-bond donors (Lipinski definition) is 1. The van der Waals surface area contributed by atoms with E-state index in [9.17, 15) is 22.8 Å². The maximum absolute atomic E-state index is 13.0. The number of fused-ring (bicyclic) bond motifs is 2. The topological polar surface area (TPSA) is 114 Å². The number of carboxylic acid groups (broad SMARTS) is 1. The van der Waals surface area contributed by atoms with Crippen molar-refractivity contribution in [2.75, 3.05) is 39.4 Å². The first-order chi connectivity index (χ1) is 17.1. The van der Waals surface area contributed by atoms with Crippen molar-refractivity contribution in [3.8, 4) is 0 Å². The quantitative estimate of drug-likeness (QED) is 0.638. The summed E-state index contributed by atoms with van der Waals surface area (Å²) >= 11 is 0. The molecule has 1 N–H and O–H groups in total. The lowest BCUT2D eigenvalue weighted by atomic mass is 9.87. The van der Waals surface area contributed by atoms with Gasteiger partial charge >= 0.3 is 12.1 Å². The summed E-state index contributed by atoms with van der Waals surface area (Å²) in [6.07, 6.45) is 3.33. The number of alkyl halides is 3. The number of hydrogen-bond acceptors (Lipinski definition) is 6. The zero-order chi connectivity index (χ0) is 25.9. The highest BCUT2D eigenvalue weighted by Gasteiger charge is 2.48. The zero-order valence-electron chi connectivity index (χ0n) is 19.9. The van der Waals surface area contributed by atoms with E-state index in [0.717, 1.165) is 44.6 Å². The van der Waals surface area contributed by atoms with Crippen molar-refractivity contribution in [3.63, 3.8) is 0 Å². The highest BCUT2D eigenvalue weighted by molar-refractivity contribution is 5.81. The second-order valence-corrected chi connectivity index (χ2v) is 9.55. The predicted molar refractivity (Wildman–Crippen MR) is 118 cm³/mol. The summed E-state index contributed by atoms with van der Waals surface area (Å²) in [4.78, 5) is 43.3. The molecule has 1 unspecified atom stereocenters. The fraction of sp³-hybridized carbons (Fsp3) is 0.739. The first kappa shape index (κ1) is 26.4. The number of carbonyl (C=O) groups is 3. The van der Waals surface area contributed by atoms with Crippen LogP contribution in [0.15, 0.2) is 12.4 Å². The molecule has 4 aliphatic rings. The Morgan fingerprint density at radius 1 is 1.00 bits per heavy atom. The largest absolute Gasteiger partial charge is 0.490 e. The van der Waals surface area contributed by atoms with Gasteiger partial charge in [0.05, 0.1) is 6.54 Å². The van der Waals surface area contributed by atoms with Crippen LogP contribution in [0, 0.1) is 5.92 Å². The lowest BCUT2D eigenvalue weighted by Crippen LogP contribution is -2.55. The average Bonchev–Trinajstić information content (AvgIpc) is 3.57. The van der Waals surface area contributed by atoms with Crippen molar-refractivity contribution in [2.45, 2.75) is 63.0 Å². The van der Waals surface area contributed by atoms with E-state index in [1.165, 1.54) is 0 Å². The molecule has 200 valence electrons. The van der Waals surface area contributed by atoms with Gasteiger partial charge in [0.1, 0.15) is 11.4 Å².